The van der Waals surface area contributed by atoms with Crippen molar-refractivity contribution in [2.45, 2.75) is 32.7 Å². The van der Waals surface area contributed by atoms with Gasteiger partial charge in [-0.25, -0.2) is 13.4 Å². The van der Waals surface area contributed by atoms with Gasteiger partial charge in [0.05, 0.1) is 23.7 Å². The average Bonchev–Trinajstić information content (AvgIpc) is 2.66. The van der Waals surface area contributed by atoms with Crippen LogP contribution in [0.4, 0.5) is 5.69 Å². The van der Waals surface area contributed by atoms with Crippen LogP contribution < -0.4 is 9.86 Å². The fraction of sp³-hybridized carbons (Fsp3) is 0.421. The molecule has 0 atom stereocenters. The molecule has 1 aromatic carbocycles. The normalized spacial score (nSPS) is 18.6. The van der Waals surface area contributed by atoms with Crippen molar-refractivity contribution in [1.29, 1.82) is 0 Å². The molecule has 3 heterocycles. The minimum absolute atomic E-state index is 0.133. The van der Waals surface area contributed by atoms with Crippen molar-refractivity contribution in [1.82, 2.24) is 14.9 Å². The lowest BCUT2D eigenvalue weighted by atomic mass is 10.0. The van der Waals surface area contributed by atoms with E-state index in [4.69, 9.17) is 0 Å². The van der Waals surface area contributed by atoms with Crippen molar-refractivity contribution < 1.29 is 13.2 Å². The summed E-state index contributed by atoms with van der Waals surface area (Å²) in [6, 6.07) is 6.75. The Morgan fingerprint density at radius 3 is 2.82 bits per heavy atom. The molecule has 8 nitrogen and oxygen atoms in total. The first-order chi connectivity index (χ1) is 13.3. The van der Waals surface area contributed by atoms with E-state index >= 15 is 0 Å². The Labute approximate surface area is 163 Å². The molecule has 28 heavy (non-hydrogen) atoms. The lowest BCUT2D eigenvalue weighted by Gasteiger charge is -2.30. The summed E-state index contributed by atoms with van der Waals surface area (Å²) in [4.78, 5) is 33.8. The Morgan fingerprint density at radius 1 is 1.21 bits per heavy atom. The third kappa shape index (κ3) is 3.42. The molecule has 2 aromatic rings. The highest BCUT2D eigenvalue weighted by molar-refractivity contribution is 7.92. The van der Waals surface area contributed by atoms with E-state index in [1.165, 1.54) is 4.31 Å². The number of rotatable bonds is 2. The summed E-state index contributed by atoms with van der Waals surface area (Å²) in [5.41, 5.74) is 2.06. The summed E-state index contributed by atoms with van der Waals surface area (Å²) < 4.78 is 26.1. The SMILES string of the molecule is Cc1nc2c(c(=O)[nH]1)CCN(C(=O)c1cccc(N3CCCCS3(=O)=O)c1)C2. The molecule has 0 saturated carbocycles. The van der Waals surface area contributed by atoms with Crippen LogP contribution in [0.3, 0.4) is 0 Å². The minimum atomic E-state index is -3.33. The van der Waals surface area contributed by atoms with Crippen LogP contribution in [0.25, 0.3) is 0 Å². The van der Waals surface area contributed by atoms with Gasteiger partial charge in [0, 0.05) is 24.2 Å². The maximum atomic E-state index is 13.0. The molecule has 0 bridgehead atoms. The molecule has 2 aliphatic rings. The first-order valence-corrected chi connectivity index (χ1v) is 10.9. The van der Waals surface area contributed by atoms with Gasteiger partial charge in [-0.3, -0.25) is 13.9 Å². The second-order valence-corrected chi connectivity index (χ2v) is 9.21. The van der Waals surface area contributed by atoms with E-state index in [0.29, 0.717) is 54.3 Å². The van der Waals surface area contributed by atoms with Gasteiger partial charge in [-0.2, -0.15) is 0 Å². The fourth-order valence-corrected chi connectivity index (χ4v) is 5.42. The number of hydrogen-bond donors (Lipinski definition) is 1. The lowest BCUT2D eigenvalue weighted by molar-refractivity contribution is 0.0731. The predicted octanol–water partition coefficient (Wildman–Crippen LogP) is 1.21. The number of carbonyl (C=O) groups is 1. The van der Waals surface area contributed by atoms with Crippen LogP contribution in [-0.2, 0) is 23.0 Å². The number of benzene rings is 1. The molecule has 0 unspecified atom stereocenters. The quantitative estimate of drug-likeness (QED) is 0.813. The number of nitrogens with zero attached hydrogens (tertiary/aromatic N) is 3. The predicted molar refractivity (Wildman–Crippen MR) is 105 cm³/mol. The van der Waals surface area contributed by atoms with Crippen molar-refractivity contribution in [2.75, 3.05) is 23.1 Å². The van der Waals surface area contributed by atoms with Crippen molar-refractivity contribution in [3.8, 4) is 0 Å². The Kier molecular flexibility index (Phi) is 4.70. The van der Waals surface area contributed by atoms with Crippen molar-refractivity contribution in [3.05, 3.63) is 57.3 Å². The molecule has 0 aliphatic carbocycles. The maximum Gasteiger partial charge on any atom is 0.254 e. The van der Waals surface area contributed by atoms with E-state index in [0.717, 1.165) is 6.42 Å². The molecule has 1 fully saturated rings. The van der Waals surface area contributed by atoms with E-state index in [1.54, 1.807) is 36.1 Å². The summed E-state index contributed by atoms with van der Waals surface area (Å²) in [7, 11) is -3.33. The van der Waals surface area contributed by atoms with Crippen molar-refractivity contribution in [3.63, 3.8) is 0 Å². The third-order valence-corrected chi connectivity index (χ3v) is 7.08. The molecule has 9 heteroatoms. The average molecular weight is 402 g/mol. The number of amides is 1. The van der Waals surface area contributed by atoms with Crippen LogP contribution in [0.5, 0.6) is 0 Å². The second-order valence-electron chi connectivity index (χ2n) is 7.20. The van der Waals surface area contributed by atoms with Crippen LogP contribution in [0.2, 0.25) is 0 Å². The van der Waals surface area contributed by atoms with Gasteiger partial charge in [-0.1, -0.05) is 6.07 Å². The smallest absolute Gasteiger partial charge is 0.254 e. The Bertz CT molecular complexity index is 1090. The second kappa shape index (κ2) is 7.05. The number of fused-ring (bicyclic) bond motifs is 1. The van der Waals surface area contributed by atoms with Crippen LogP contribution in [0.1, 0.15) is 40.3 Å². The minimum Gasteiger partial charge on any atom is -0.332 e. The number of sulfonamides is 1. The van der Waals surface area contributed by atoms with Gasteiger partial charge in [0.15, 0.2) is 0 Å². The van der Waals surface area contributed by atoms with Crippen LogP contribution >= 0.6 is 0 Å². The highest BCUT2D eigenvalue weighted by Gasteiger charge is 2.28. The third-order valence-electron chi connectivity index (χ3n) is 5.21. The monoisotopic (exact) mass is 402 g/mol. The highest BCUT2D eigenvalue weighted by atomic mass is 32.2. The summed E-state index contributed by atoms with van der Waals surface area (Å²) in [6.45, 7) is 2.84. The standard InChI is InChI=1S/C19H22N4O4S/c1-13-20-17-12-22(9-7-16(17)18(24)21-13)19(25)14-5-4-6-15(11-14)23-8-2-3-10-28(23,26)27/h4-6,11H,2-3,7-10,12H2,1H3,(H,20,21,24). The number of hydrogen-bond acceptors (Lipinski definition) is 5. The van der Waals surface area contributed by atoms with Gasteiger partial charge >= 0.3 is 0 Å². The Morgan fingerprint density at radius 2 is 2.04 bits per heavy atom. The first-order valence-electron chi connectivity index (χ1n) is 9.33. The molecule has 1 saturated heterocycles. The maximum absolute atomic E-state index is 13.0. The number of carbonyl (C=O) groups excluding carboxylic acids is 1. The van der Waals surface area contributed by atoms with E-state index in [9.17, 15) is 18.0 Å². The molecule has 2 aliphatic heterocycles. The topological polar surface area (TPSA) is 103 Å². The van der Waals surface area contributed by atoms with E-state index in [-0.39, 0.29) is 23.8 Å². The summed E-state index contributed by atoms with van der Waals surface area (Å²) in [5.74, 6) is 0.463. The van der Waals surface area contributed by atoms with Crippen LogP contribution in [0, 0.1) is 6.92 Å². The highest BCUT2D eigenvalue weighted by Crippen LogP contribution is 2.25. The molecule has 148 valence electrons. The summed E-state index contributed by atoms with van der Waals surface area (Å²) in [6.07, 6.45) is 1.92. The largest absolute Gasteiger partial charge is 0.332 e. The number of H-pyrrole nitrogens is 1. The van der Waals surface area contributed by atoms with Crippen LogP contribution in [0.15, 0.2) is 29.1 Å². The number of aromatic nitrogens is 2. The van der Waals surface area contributed by atoms with Gasteiger partial charge in [-0.15, -0.1) is 0 Å². The van der Waals surface area contributed by atoms with E-state index in [1.807, 2.05) is 0 Å². The van der Waals surface area contributed by atoms with Gasteiger partial charge in [0.2, 0.25) is 10.0 Å². The number of aromatic amines is 1. The Balaban J connectivity index is 1.60. The summed E-state index contributed by atoms with van der Waals surface area (Å²) in [5, 5.41) is 0. The number of aryl methyl sites for hydroxylation is 1. The molecule has 0 radical (unpaired) electrons. The van der Waals surface area contributed by atoms with Gasteiger partial charge in [0.25, 0.3) is 11.5 Å². The van der Waals surface area contributed by atoms with Gasteiger partial charge in [0.1, 0.15) is 5.82 Å². The first kappa shape index (κ1) is 18.7. The van der Waals surface area contributed by atoms with Crippen molar-refractivity contribution in [2.24, 2.45) is 0 Å². The molecule has 1 N–H and O–H groups in total. The molecule has 0 spiro atoms. The Hall–Kier alpha value is -2.68. The van der Waals surface area contributed by atoms with Crippen molar-refractivity contribution >= 4 is 21.6 Å². The van der Waals surface area contributed by atoms with Crippen LogP contribution in [-0.4, -0.2) is 48.0 Å². The zero-order valence-electron chi connectivity index (χ0n) is 15.6. The zero-order chi connectivity index (χ0) is 19.9. The molecular formula is C19H22N4O4S. The molecule has 1 amide bonds. The van der Waals surface area contributed by atoms with E-state index in [2.05, 4.69) is 9.97 Å². The summed E-state index contributed by atoms with van der Waals surface area (Å²) >= 11 is 0. The lowest BCUT2D eigenvalue weighted by Crippen LogP contribution is -2.40. The zero-order valence-corrected chi connectivity index (χ0v) is 16.5. The number of nitrogens with one attached hydrogen (secondary N) is 1. The molecule has 4 rings (SSSR count). The molecular weight excluding hydrogens is 380 g/mol. The fourth-order valence-electron chi connectivity index (χ4n) is 3.79. The molecule has 1 aromatic heterocycles. The number of anilines is 1. The van der Waals surface area contributed by atoms with Gasteiger partial charge < -0.3 is 9.88 Å². The van der Waals surface area contributed by atoms with E-state index < -0.39 is 10.0 Å². The van der Waals surface area contributed by atoms with Gasteiger partial charge in [-0.05, 0) is 44.4 Å².